The summed E-state index contributed by atoms with van der Waals surface area (Å²) >= 11 is 0. The van der Waals surface area contributed by atoms with Gasteiger partial charge in [0.05, 0.1) is 73.8 Å². The van der Waals surface area contributed by atoms with E-state index in [4.69, 9.17) is 19.9 Å². The first-order valence-electron chi connectivity index (χ1n) is 21.1. The lowest BCUT2D eigenvalue weighted by Gasteiger charge is -2.13. The number of hydrogen-bond acceptors (Lipinski definition) is 4. The van der Waals surface area contributed by atoms with Gasteiger partial charge in [-0.25, -0.2) is 9.97 Å². The van der Waals surface area contributed by atoms with Crippen LogP contribution in [-0.2, 0) is 0 Å². The fourth-order valence-electron chi connectivity index (χ4n) is 9.57. The van der Waals surface area contributed by atoms with Crippen LogP contribution in [0.15, 0.2) is 213 Å². The molecule has 0 saturated carbocycles. The van der Waals surface area contributed by atoms with Crippen molar-refractivity contribution in [2.45, 2.75) is 0 Å². The summed E-state index contributed by atoms with van der Waals surface area (Å²) in [5.41, 5.74) is 15.5. The average Bonchev–Trinajstić information content (AvgIpc) is 4.00. The van der Waals surface area contributed by atoms with E-state index in [0.29, 0.717) is 5.95 Å². The van der Waals surface area contributed by atoms with E-state index in [1.807, 2.05) is 36.8 Å². The summed E-state index contributed by atoms with van der Waals surface area (Å²) in [7, 11) is 0. The van der Waals surface area contributed by atoms with Gasteiger partial charge in [0.2, 0.25) is 5.95 Å². The number of fused-ring (bicyclic) bond motifs is 9. The van der Waals surface area contributed by atoms with Crippen molar-refractivity contribution < 1.29 is 0 Å². The largest absolute Gasteiger partial charge is 0.308 e. The van der Waals surface area contributed by atoms with Crippen molar-refractivity contribution in [3.8, 4) is 51.0 Å². The van der Waals surface area contributed by atoms with Crippen LogP contribution in [-0.4, -0.2) is 33.6 Å². The molecule has 0 radical (unpaired) electrons. The molecule has 6 aromatic heterocycles. The second-order valence-corrected chi connectivity index (χ2v) is 16.0. The quantitative estimate of drug-likeness (QED) is 0.168. The number of pyridine rings is 2. The molecule has 0 amide bonds. The molecule has 0 N–H and O–H groups in total. The van der Waals surface area contributed by atoms with Crippen LogP contribution in [0, 0.1) is 0 Å². The second-order valence-electron chi connectivity index (χ2n) is 16.0. The maximum atomic E-state index is 5.24. The highest BCUT2D eigenvalue weighted by Gasteiger charge is 2.20. The minimum Gasteiger partial charge on any atom is -0.308 e. The van der Waals surface area contributed by atoms with Crippen LogP contribution in [0.3, 0.4) is 0 Å². The number of rotatable bonds is 6. The van der Waals surface area contributed by atoms with E-state index >= 15 is 0 Å². The number of aromatic nitrogens is 7. The Morgan fingerprint density at radius 3 is 1.52 bits per heavy atom. The van der Waals surface area contributed by atoms with Crippen molar-refractivity contribution >= 4 is 65.5 Å². The van der Waals surface area contributed by atoms with E-state index in [1.165, 1.54) is 10.8 Å². The Balaban J connectivity index is 0.984. The Morgan fingerprint density at radius 2 is 0.825 bits per heavy atom. The van der Waals surface area contributed by atoms with Gasteiger partial charge in [0.25, 0.3) is 0 Å². The molecule has 0 aliphatic carbocycles. The molecule has 0 saturated heterocycles. The smallest absolute Gasteiger partial charge is 0.235 e. The monoisotopic (exact) mass is 805 g/mol. The van der Waals surface area contributed by atoms with Gasteiger partial charge in [0.1, 0.15) is 0 Å². The number of hydrogen-bond donors (Lipinski definition) is 0. The summed E-state index contributed by atoms with van der Waals surface area (Å²) in [4.78, 5) is 20.1. The van der Waals surface area contributed by atoms with Gasteiger partial charge in [-0.2, -0.15) is 0 Å². The van der Waals surface area contributed by atoms with Crippen LogP contribution < -0.4 is 0 Å². The zero-order valence-electron chi connectivity index (χ0n) is 33.8. The van der Waals surface area contributed by atoms with Crippen molar-refractivity contribution in [3.63, 3.8) is 0 Å². The van der Waals surface area contributed by atoms with Gasteiger partial charge in [-0.1, -0.05) is 133 Å². The molecular weight excluding hydrogens is 771 g/mol. The SMILES string of the molecule is c1ccc(-c2cc(-c3ccccc3)nc(-n3c4ccccc4c4cc(-c5ccc6c7ccccc7n(-c7cncc(-n8c9ccccc9c9ncccc98)c7)c6c5)ccc43)n2)cc1. The molecule has 7 heteroatoms. The fraction of sp³-hybridized carbons (Fsp3) is 0. The van der Waals surface area contributed by atoms with Crippen molar-refractivity contribution in [1.29, 1.82) is 0 Å². The molecule has 7 aromatic carbocycles. The fourth-order valence-corrected chi connectivity index (χ4v) is 9.57. The van der Waals surface area contributed by atoms with Crippen LogP contribution in [0.5, 0.6) is 0 Å². The van der Waals surface area contributed by atoms with Crippen molar-refractivity contribution in [2.75, 3.05) is 0 Å². The highest BCUT2D eigenvalue weighted by Crippen LogP contribution is 2.39. The standard InChI is InChI=1S/C56H35N7/c1-3-14-36(15-4-1)47-33-48(37-16-5-2-6-17-37)60-56(59-47)63-50-22-11-8-19-43(50)46-30-38(26-28-52(46)63)39-25-27-44-42-18-7-10-21-49(42)62(54(44)31-39)41-32-40(34-57-35-41)61-51-23-12-9-20-45(51)55-53(61)24-13-29-58-55/h1-35H. The summed E-state index contributed by atoms with van der Waals surface area (Å²) in [5.74, 6) is 0.633. The van der Waals surface area contributed by atoms with Gasteiger partial charge in [-0.15, -0.1) is 0 Å². The molecule has 0 fully saturated rings. The Kier molecular flexibility index (Phi) is 7.77. The Morgan fingerprint density at radius 1 is 0.317 bits per heavy atom. The molecule has 0 spiro atoms. The maximum Gasteiger partial charge on any atom is 0.235 e. The normalized spacial score (nSPS) is 11.8. The Bertz CT molecular complexity index is 3810. The zero-order chi connectivity index (χ0) is 41.4. The third-order valence-corrected chi connectivity index (χ3v) is 12.4. The van der Waals surface area contributed by atoms with Crippen molar-refractivity contribution in [3.05, 3.63) is 213 Å². The van der Waals surface area contributed by atoms with E-state index in [2.05, 4.69) is 190 Å². The molecule has 13 aromatic rings. The summed E-state index contributed by atoms with van der Waals surface area (Å²) in [6.45, 7) is 0. The first-order valence-corrected chi connectivity index (χ1v) is 21.1. The van der Waals surface area contributed by atoms with Crippen molar-refractivity contribution in [1.82, 2.24) is 33.6 Å². The van der Waals surface area contributed by atoms with Crippen LogP contribution in [0.1, 0.15) is 0 Å². The summed E-state index contributed by atoms with van der Waals surface area (Å²) in [6, 6.07) is 68.4. The van der Waals surface area contributed by atoms with Gasteiger partial charge in [0.15, 0.2) is 0 Å². The second kappa shape index (κ2) is 13.9. The van der Waals surface area contributed by atoms with E-state index < -0.39 is 0 Å². The van der Waals surface area contributed by atoms with Crippen LogP contribution in [0.4, 0.5) is 0 Å². The molecule has 0 unspecified atom stereocenters. The minimum absolute atomic E-state index is 0.633. The molecule has 0 aliphatic heterocycles. The molecule has 63 heavy (non-hydrogen) atoms. The number of para-hydroxylation sites is 3. The van der Waals surface area contributed by atoms with E-state index in [-0.39, 0.29) is 0 Å². The highest BCUT2D eigenvalue weighted by molar-refractivity contribution is 6.12. The van der Waals surface area contributed by atoms with E-state index in [1.54, 1.807) is 0 Å². The molecule has 0 atom stereocenters. The van der Waals surface area contributed by atoms with Crippen LogP contribution in [0.2, 0.25) is 0 Å². The molecule has 7 nitrogen and oxygen atoms in total. The summed E-state index contributed by atoms with van der Waals surface area (Å²) < 4.78 is 6.83. The Hall–Kier alpha value is -8.68. The molecule has 0 aliphatic rings. The lowest BCUT2D eigenvalue weighted by atomic mass is 10.0. The third-order valence-electron chi connectivity index (χ3n) is 12.4. The van der Waals surface area contributed by atoms with E-state index in [0.717, 1.165) is 99.8 Å². The minimum atomic E-state index is 0.633. The van der Waals surface area contributed by atoms with Crippen LogP contribution in [0.25, 0.3) is 117 Å². The number of benzene rings is 7. The molecule has 0 bridgehead atoms. The number of nitrogens with zero attached hydrogens (tertiary/aromatic N) is 7. The topological polar surface area (TPSA) is 66.3 Å². The highest BCUT2D eigenvalue weighted by atomic mass is 15.2. The van der Waals surface area contributed by atoms with Crippen LogP contribution >= 0.6 is 0 Å². The summed E-state index contributed by atoms with van der Waals surface area (Å²) in [5, 5.41) is 5.77. The van der Waals surface area contributed by atoms with Gasteiger partial charge >= 0.3 is 0 Å². The average molecular weight is 806 g/mol. The van der Waals surface area contributed by atoms with Gasteiger partial charge < -0.3 is 9.13 Å². The first-order chi connectivity index (χ1) is 31.2. The van der Waals surface area contributed by atoms with E-state index in [9.17, 15) is 0 Å². The molecule has 13 rings (SSSR count). The van der Waals surface area contributed by atoms with Crippen molar-refractivity contribution in [2.24, 2.45) is 0 Å². The zero-order valence-corrected chi connectivity index (χ0v) is 33.8. The van der Waals surface area contributed by atoms with Gasteiger partial charge in [-0.3, -0.25) is 14.5 Å². The summed E-state index contributed by atoms with van der Waals surface area (Å²) in [6.07, 6.45) is 5.77. The third kappa shape index (κ3) is 5.53. The first kappa shape index (κ1) is 35.1. The molecular formula is C56H35N7. The Labute approximate surface area is 361 Å². The molecule has 6 heterocycles. The maximum absolute atomic E-state index is 5.24. The predicted octanol–water partition coefficient (Wildman–Crippen LogP) is 13.6. The van der Waals surface area contributed by atoms with Gasteiger partial charge in [-0.05, 0) is 71.8 Å². The lowest BCUT2D eigenvalue weighted by Crippen LogP contribution is -2.03. The lowest BCUT2D eigenvalue weighted by molar-refractivity contribution is 0.995. The molecule has 294 valence electrons. The predicted molar refractivity (Wildman–Crippen MR) is 257 cm³/mol. The van der Waals surface area contributed by atoms with Gasteiger partial charge in [0, 0.05) is 44.3 Å².